The summed E-state index contributed by atoms with van der Waals surface area (Å²) >= 11 is 5.95. The molecule has 1 aromatic rings. The number of halogens is 1. The topological polar surface area (TPSA) is 89.3 Å². The first-order chi connectivity index (χ1) is 11.1. The summed E-state index contributed by atoms with van der Waals surface area (Å²) in [6, 6.07) is 6.82. The molecule has 24 heavy (non-hydrogen) atoms. The van der Waals surface area contributed by atoms with Crippen molar-refractivity contribution in [2.24, 2.45) is 5.73 Å². The van der Waals surface area contributed by atoms with E-state index in [4.69, 9.17) is 17.3 Å². The number of amides is 1. The van der Waals surface area contributed by atoms with Crippen LogP contribution in [0.5, 0.6) is 0 Å². The highest BCUT2D eigenvalue weighted by Crippen LogP contribution is 2.31. The van der Waals surface area contributed by atoms with E-state index < -0.39 is 15.9 Å². The number of carbonyl (C=O) groups is 1. The number of nitrogens with one attached hydrogen (secondary N) is 1. The van der Waals surface area contributed by atoms with Crippen LogP contribution in [-0.4, -0.2) is 38.9 Å². The van der Waals surface area contributed by atoms with E-state index in [1.807, 2.05) is 24.3 Å². The van der Waals surface area contributed by atoms with Crippen LogP contribution in [0.1, 0.15) is 38.7 Å². The summed E-state index contributed by atoms with van der Waals surface area (Å²) in [7, 11) is -3.12. The van der Waals surface area contributed by atoms with E-state index in [0.29, 0.717) is 11.6 Å². The molecule has 0 bridgehead atoms. The fraction of sp³-hybridized carbons (Fsp3) is 0.588. The van der Waals surface area contributed by atoms with Crippen molar-refractivity contribution in [2.75, 3.05) is 18.6 Å². The van der Waals surface area contributed by atoms with Gasteiger partial charge < -0.3 is 11.1 Å². The Kier molecular flexibility index (Phi) is 7.70. The average Bonchev–Trinajstić information content (AvgIpc) is 2.54. The van der Waals surface area contributed by atoms with Crippen LogP contribution >= 0.6 is 11.6 Å². The highest BCUT2D eigenvalue weighted by Gasteiger charge is 2.29. The minimum Gasteiger partial charge on any atom is -0.354 e. The van der Waals surface area contributed by atoms with Crippen LogP contribution in [0.15, 0.2) is 24.3 Å². The van der Waals surface area contributed by atoms with Crippen molar-refractivity contribution in [3.63, 3.8) is 0 Å². The van der Waals surface area contributed by atoms with Crippen molar-refractivity contribution in [2.45, 2.75) is 44.6 Å². The molecule has 0 aliphatic rings. The second-order valence-corrected chi connectivity index (χ2v) is 8.93. The quantitative estimate of drug-likeness (QED) is 0.693. The van der Waals surface area contributed by atoms with E-state index in [9.17, 15) is 13.2 Å². The van der Waals surface area contributed by atoms with Crippen LogP contribution < -0.4 is 11.1 Å². The normalized spacial score (nSPS) is 13.5. The van der Waals surface area contributed by atoms with Gasteiger partial charge in [-0.05, 0) is 37.0 Å². The average molecular weight is 375 g/mol. The van der Waals surface area contributed by atoms with Gasteiger partial charge in [-0.3, -0.25) is 4.79 Å². The molecular weight excluding hydrogens is 348 g/mol. The Morgan fingerprint density at radius 1 is 1.25 bits per heavy atom. The number of nitrogens with two attached hydrogens (primary N) is 1. The number of sulfone groups is 1. The zero-order chi connectivity index (χ0) is 18.4. The minimum absolute atomic E-state index is 0.0918. The molecular formula is C17H27ClN2O3S. The third-order valence-electron chi connectivity index (χ3n) is 4.55. The standard InChI is InChI=1S/C17H27ClN2O3S/c1-4-17(5-2,13-6-8-14(18)9-7-13)12-20-16(21)15(19)10-11-24(3,22)23/h6-9,15H,4-5,10-12,19H2,1-3H3,(H,20,21). The molecule has 5 nitrogen and oxygen atoms in total. The predicted molar refractivity (Wildman–Crippen MR) is 99.0 cm³/mol. The minimum atomic E-state index is -3.12. The van der Waals surface area contributed by atoms with Crippen LogP contribution in [0.2, 0.25) is 5.02 Å². The Morgan fingerprint density at radius 3 is 2.25 bits per heavy atom. The van der Waals surface area contributed by atoms with Gasteiger partial charge in [0, 0.05) is 23.2 Å². The van der Waals surface area contributed by atoms with Crippen LogP contribution in [0.4, 0.5) is 0 Å². The van der Waals surface area contributed by atoms with Crippen molar-refractivity contribution >= 4 is 27.3 Å². The molecule has 3 N–H and O–H groups in total. The number of carbonyl (C=O) groups excluding carboxylic acids is 1. The summed E-state index contributed by atoms with van der Waals surface area (Å²) in [6.45, 7) is 4.61. The predicted octanol–water partition coefficient (Wildman–Crippen LogP) is 2.28. The first-order valence-corrected chi connectivity index (χ1v) is 10.5. The van der Waals surface area contributed by atoms with Gasteiger partial charge in [-0.25, -0.2) is 8.42 Å². The molecule has 0 spiro atoms. The molecule has 0 fully saturated rings. The summed E-state index contributed by atoms with van der Waals surface area (Å²) in [5, 5.41) is 3.56. The maximum absolute atomic E-state index is 12.2. The maximum atomic E-state index is 12.2. The fourth-order valence-electron chi connectivity index (χ4n) is 2.67. The molecule has 1 amide bonds. The van der Waals surface area contributed by atoms with Crippen LogP contribution in [0.3, 0.4) is 0 Å². The van der Waals surface area contributed by atoms with Crippen molar-refractivity contribution in [3.05, 3.63) is 34.9 Å². The summed E-state index contributed by atoms with van der Waals surface area (Å²) < 4.78 is 22.4. The number of benzene rings is 1. The summed E-state index contributed by atoms with van der Waals surface area (Å²) in [6.07, 6.45) is 2.96. The molecule has 1 rings (SSSR count). The molecule has 0 aliphatic carbocycles. The second kappa shape index (κ2) is 8.83. The maximum Gasteiger partial charge on any atom is 0.236 e. The molecule has 1 unspecified atom stereocenters. The number of hydrogen-bond acceptors (Lipinski definition) is 4. The molecule has 0 radical (unpaired) electrons. The van der Waals surface area contributed by atoms with Gasteiger partial charge in [0.25, 0.3) is 0 Å². The number of rotatable bonds is 9. The SMILES string of the molecule is CCC(CC)(CNC(=O)C(N)CCS(C)(=O)=O)c1ccc(Cl)cc1. The summed E-state index contributed by atoms with van der Waals surface area (Å²) in [5.74, 6) is -0.412. The largest absolute Gasteiger partial charge is 0.354 e. The summed E-state index contributed by atoms with van der Waals surface area (Å²) in [4.78, 5) is 12.2. The van der Waals surface area contributed by atoms with Crippen molar-refractivity contribution in [3.8, 4) is 0 Å². The van der Waals surface area contributed by atoms with Crippen molar-refractivity contribution < 1.29 is 13.2 Å². The lowest BCUT2D eigenvalue weighted by Crippen LogP contribution is -2.47. The molecule has 136 valence electrons. The van der Waals surface area contributed by atoms with Crippen molar-refractivity contribution in [1.29, 1.82) is 0 Å². The molecule has 0 heterocycles. The molecule has 0 aliphatic heterocycles. The van der Waals surface area contributed by atoms with Crippen LogP contribution in [0.25, 0.3) is 0 Å². The van der Waals surface area contributed by atoms with E-state index in [-0.39, 0.29) is 23.5 Å². The second-order valence-electron chi connectivity index (χ2n) is 6.24. The van der Waals surface area contributed by atoms with E-state index in [2.05, 4.69) is 19.2 Å². The highest BCUT2D eigenvalue weighted by atomic mass is 35.5. The third kappa shape index (κ3) is 6.07. The van der Waals surface area contributed by atoms with E-state index in [1.54, 1.807) is 0 Å². The van der Waals surface area contributed by atoms with E-state index in [0.717, 1.165) is 24.7 Å². The first kappa shape index (κ1) is 20.9. The van der Waals surface area contributed by atoms with Gasteiger partial charge in [0.2, 0.25) is 5.91 Å². The van der Waals surface area contributed by atoms with Gasteiger partial charge in [-0.15, -0.1) is 0 Å². The molecule has 1 aromatic carbocycles. The Morgan fingerprint density at radius 2 is 1.79 bits per heavy atom. The lowest BCUT2D eigenvalue weighted by Gasteiger charge is -2.33. The third-order valence-corrected chi connectivity index (χ3v) is 5.78. The van der Waals surface area contributed by atoms with Gasteiger partial charge in [0.15, 0.2) is 0 Å². The lowest BCUT2D eigenvalue weighted by molar-refractivity contribution is -0.122. The van der Waals surface area contributed by atoms with Gasteiger partial charge in [-0.1, -0.05) is 37.6 Å². The Bertz CT molecular complexity index is 640. The zero-order valence-electron chi connectivity index (χ0n) is 14.5. The van der Waals surface area contributed by atoms with Crippen LogP contribution in [-0.2, 0) is 20.0 Å². The summed E-state index contributed by atoms with van der Waals surface area (Å²) in [5.41, 5.74) is 6.72. The lowest BCUT2D eigenvalue weighted by atomic mass is 9.75. The first-order valence-electron chi connectivity index (χ1n) is 8.10. The molecule has 1 atom stereocenters. The van der Waals surface area contributed by atoms with Crippen LogP contribution in [0, 0.1) is 0 Å². The monoisotopic (exact) mass is 374 g/mol. The molecule has 0 saturated heterocycles. The molecule has 0 saturated carbocycles. The van der Waals surface area contributed by atoms with E-state index >= 15 is 0 Å². The Hall–Kier alpha value is -1.11. The van der Waals surface area contributed by atoms with Gasteiger partial charge in [-0.2, -0.15) is 0 Å². The van der Waals surface area contributed by atoms with Gasteiger partial charge in [0.1, 0.15) is 9.84 Å². The number of hydrogen-bond donors (Lipinski definition) is 2. The molecule has 0 aromatic heterocycles. The molecule has 7 heteroatoms. The van der Waals surface area contributed by atoms with Gasteiger partial charge >= 0.3 is 0 Å². The highest BCUT2D eigenvalue weighted by molar-refractivity contribution is 7.90. The fourth-order valence-corrected chi connectivity index (χ4v) is 3.48. The van der Waals surface area contributed by atoms with E-state index in [1.165, 1.54) is 0 Å². The Labute approximate surface area is 149 Å². The van der Waals surface area contributed by atoms with Crippen molar-refractivity contribution in [1.82, 2.24) is 5.32 Å². The zero-order valence-corrected chi connectivity index (χ0v) is 16.1. The van der Waals surface area contributed by atoms with Gasteiger partial charge in [0.05, 0.1) is 11.8 Å². The smallest absolute Gasteiger partial charge is 0.236 e. The Balaban J connectivity index is 2.75.